The van der Waals surface area contributed by atoms with Crippen molar-refractivity contribution in [1.82, 2.24) is 4.57 Å². The Morgan fingerprint density at radius 3 is 2.55 bits per heavy atom. The van der Waals surface area contributed by atoms with Gasteiger partial charge >= 0.3 is 0 Å². The highest BCUT2D eigenvalue weighted by molar-refractivity contribution is 7.07. The van der Waals surface area contributed by atoms with E-state index < -0.39 is 0 Å². The molecule has 1 amide bonds. The zero-order valence-electron chi connectivity index (χ0n) is 17.0. The molecule has 31 heavy (non-hydrogen) atoms. The van der Waals surface area contributed by atoms with Crippen LogP contribution in [0.25, 0.3) is 11.3 Å². The Balaban J connectivity index is 1.67. The first-order valence-corrected chi connectivity index (χ1v) is 11.0. The van der Waals surface area contributed by atoms with E-state index in [2.05, 4.69) is 46.5 Å². The molecule has 2 heterocycles. The summed E-state index contributed by atoms with van der Waals surface area (Å²) in [6.07, 6.45) is 0. The molecule has 0 aliphatic carbocycles. The van der Waals surface area contributed by atoms with Crippen molar-refractivity contribution in [3.05, 3.63) is 94.6 Å². The molecule has 1 aromatic heterocycles. The quantitative estimate of drug-likeness (QED) is 0.475. The van der Waals surface area contributed by atoms with E-state index in [0.717, 1.165) is 21.7 Å². The average molecular weight is 428 g/mol. The normalized spacial score (nSPS) is 14.5. The highest BCUT2D eigenvalue weighted by Gasteiger charge is 2.20. The van der Waals surface area contributed by atoms with E-state index in [0.29, 0.717) is 11.4 Å². The molecule has 0 spiro atoms. The van der Waals surface area contributed by atoms with Crippen molar-refractivity contribution in [2.24, 2.45) is 4.99 Å². The third-order valence-electron chi connectivity index (χ3n) is 5.30. The Hall–Kier alpha value is -3.64. The van der Waals surface area contributed by atoms with Crippen molar-refractivity contribution in [3.8, 4) is 17.0 Å². The van der Waals surface area contributed by atoms with Crippen molar-refractivity contribution in [2.75, 3.05) is 11.9 Å². The number of hydrogen-bond acceptors (Lipinski definition) is 4. The SMILES string of the molecule is CC(c1ccccc1)n1c(-c2ccc3c(c2)NC(=O)CO3)csc1=Nc1ccccc1. The second-order valence-corrected chi connectivity index (χ2v) is 8.19. The minimum Gasteiger partial charge on any atom is -0.482 e. The van der Waals surface area contributed by atoms with Crippen LogP contribution in [0.3, 0.4) is 0 Å². The number of hydrogen-bond donors (Lipinski definition) is 1. The second-order valence-electron chi connectivity index (χ2n) is 7.36. The van der Waals surface area contributed by atoms with Crippen LogP contribution in [0.15, 0.2) is 89.2 Å². The van der Waals surface area contributed by atoms with Crippen LogP contribution in [0.1, 0.15) is 18.5 Å². The molecule has 0 radical (unpaired) electrons. The van der Waals surface area contributed by atoms with E-state index in [1.807, 2.05) is 54.6 Å². The maximum Gasteiger partial charge on any atom is 0.262 e. The Labute approximate surface area is 184 Å². The number of carbonyl (C=O) groups excluding carboxylic acids is 1. The fourth-order valence-electron chi connectivity index (χ4n) is 3.72. The lowest BCUT2D eigenvalue weighted by Crippen LogP contribution is -2.25. The van der Waals surface area contributed by atoms with Crippen molar-refractivity contribution in [1.29, 1.82) is 0 Å². The molecule has 154 valence electrons. The topological polar surface area (TPSA) is 55.6 Å². The molecule has 0 fully saturated rings. The van der Waals surface area contributed by atoms with Crippen molar-refractivity contribution < 1.29 is 9.53 Å². The van der Waals surface area contributed by atoms with Crippen molar-refractivity contribution >= 4 is 28.6 Å². The number of benzene rings is 3. The van der Waals surface area contributed by atoms with Gasteiger partial charge in [0, 0.05) is 10.9 Å². The van der Waals surface area contributed by atoms with Gasteiger partial charge in [-0.2, -0.15) is 0 Å². The maximum absolute atomic E-state index is 11.8. The van der Waals surface area contributed by atoms with Gasteiger partial charge in [0.05, 0.1) is 23.1 Å². The lowest BCUT2D eigenvalue weighted by Gasteiger charge is -2.21. The van der Waals surface area contributed by atoms with Crippen LogP contribution in [0.4, 0.5) is 11.4 Å². The van der Waals surface area contributed by atoms with Crippen LogP contribution >= 0.6 is 11.3 Å². The van der Waals surface area contributed by atoms with E-state index in [9.17, 15) is 4.79 Å². The number of anilines is 1. The van der Waals surface area contributed by atoms with Gasteiger partial charge in [0.2, 0.25) is 0 Å². The molecule has 3 aromatic carbocycles. The highest BCUT2D eigenvalue weighted by atomic mass is 32.1. The number of fused-ring (bicyclic) bond motifs is 1. The number of ether oxygens (including phenoxy) is 1. The van der Waals surface area contributed by atoms with Gasteiger partial charge in [0.25, 0.3) is 5.91 Å². The van der Waals surface area contributed by atoms with E-state index in [4.69, 9.17) is 9.73 Å². The van der Waals surface area contributed by atoms with Gasteiger partial charge in [-0.1, -0.05) is 48.5 Å². The summed E-state index contributed by atoms with van der Waals surface area (Å²) in [6, 6.07) is 26.3. The van der Waals surface area contributed by atoms with E-state index >= 15 is 0 Å². The third-order valence-corrected chi connectivity index (χ3v) is 6.14. The molecular weight excluding hydrogens is 406 g/mol. The smallest absolute Gasteiger partial charge is 0.262 e. The van der Waals surface area contributed by atoms with E-state index in [-0.39, 0.29) is 18.6 Å². The summed E-state index contributed by atoms with van der Waals surface area (Å²) >= 11 is 1.60. The Morgan fingerprint density at radius 2 is 1.77 bits per heavy atom. The fourth-order valence-corrected chi connectivity index (χ4v) is 4.72. The molecule has 1 aliphatic heterocycles. The lowest BCUT2D eigenvalue weighted by molar-refractivity contribution is -0.118. The van der Waals surface area contributed by atoms with Crippen LogP contribution in [-0.4, -0.2) is 17.1 Å². The molecule has 0 bridgehead atoms. The van der Waals surface area contributed by atoms with Crippen LogP contribution in [0.2, 0.25) is 0 Å². The number of nitrogens with zero attached hydrogens (tertiary/aromatic N) is 2. The maximum atomic E-state index is 11.8. The number of carbonyl (C=O) groups is 1. The van der Waals surface area contributed by atoms with Gasteiger partial charge < -0.3 is 14.6 Å². The summed E-state index contributed by atoms with van der Waals surface area (Å²) in [5.74, 6) is 0.552. The van der Waals surface area contributed by atoms with Gasteiger partial charge in [-0.15, -0.1) is 11.3 Å². The monoisotopic (exact) mass is 427 g/mol. The molecule has 0 saturated carbocycles. The van der Waals surface area contributed by atoms with Gasteiger partial charge in [-0.3, -0.25) is 4.79 Å². The standard InChI is InChI=1S/C25H21N3O2S/c1-17(18-8-4-2-5-9-18)28-22(16-31-25(28)26-20-10-6-3-7-11-20)19-12-13-23-21(14-19)27-24(29)15-30-23/h2-14,16-17H,15H2,1H3,(H,27,29). The minimum absolute atomic E-state index is 0.0515. The summed E-state index contributed by atoms with van der Waals surface area (Å²) in [4.78, 5) is 17.6. The molecule has 1 unspecified atom stereocenters. The number of thiazole rings is 1. The molecular formula is C25H21N3O2S. The van der Waals surface area contributed by atoms with E-state index in [1.165, 1.54) is 5.56 Å². The summed E-state index contributed by atoms with van der Waals surface area (Å²) in [6.45, 7) is 2.23. The molecule has 5 rings (SSSR count). The molecule has 1 N–H and O–H groups in total. The number of rotatable bonds is 4. The number of amides is 1. The van der Waals surface area contributed by atoms with Crippen molar-refractivity contribution in [3.63, 3.8) is 0 Å². The van der Waals surface area contributed by atoms with Gasteiger partial charge in [-0.25, -0.2) is 4.99 Å². The molecule has 1 atom stereocenters. The molecule has 6 heteroatoms. The first-order valence-electron chi connectivity index (χ1n) is 10.1. The van der Waals surface area contributed by atoms with Gasteiger partial charge in [0.1, 0.15) is 5.75 Å². The zero-order valence-corrected chi connectivity index (χ0v) is 17.8. The number of nitrogens with one attached hydrogen (secondary N) is 1. The van der Waals surface area contributed by atoms with Crippen LogP contribution in [0, 0.1) is 0 Å². The molecule has 4 aromatic rings. The first-order chi connectivity index (χ1) is 15.2. The Bertz CT molecular complexity index is 1290. The number of aromatic nitrogens is 1. The summed E-state index contributed by atoms with van der Waals surface area (Å²) in [7, 11) is 0. The average Bonchev–Trinajstić information content (AvgIpc) is 3.22. The van der Waals surface area contributed by atoms with Gasteiger partial charge in [0.15, 0.2) is 11.4 Å². The van der Waals surface area contributed by atoms with Gasteiger partial charge in [-0.05, 0) is 42.8 Å². The first kappa shape index (κ1) is 19.3. The third kappa shape index (κ3) is 3.90. The molecule has 0 saturated heterocycles. The van der Waals surface area contributed by atoms with Crippen LogP contribution in [-0.2, 0) is 4.79 Å². The number of para-hydroxylation sites is 1. The zero-order chi connectivity index (χ0) is 21.2. The Kier molecular flexibility index (Phi) is 5.14. The van der Waals surface area contributed by atoms with Crippen LogP contribution < -0.4 is 14.9 Å². The van der Waals surface area contributed by atoms with Crippen LogP contribution in [0.5, 0.6) is 5.75 Å². The molecule has 1 aliphatic rings. The summed E-state index contributed by atoms with van der Waals surface area (Å²) in [5.41, 5.74) is 4.85. The fraction of sp³-hybridized carbons (Fsp3) is 0.120. The lowest BCUT2D eigenvalue weighted by atomic mass is 10.1. The highest BCUT2D eigenvalue weighted by Crippen LogP contribution is 2.34. The van der Waals surface area contributed by atoms with Crippen molar-refractivity contribution in [2.45, 2.75) is 13.0 Å². The molecule has 5 nitrogen and oxygen atoms in total. The second kappa shape index (κ2) is 8.24. The summed E-state index contributed by atoms with van der Waals surface area (Å²) < 4.78 is 7.77. The largest absolute Gasteiger partial charge is 0.482 e. The minimum atomic E-state index is -0.139. The predicted molar refractivity (Wildman–Crippen MR) is 124 cm³/mol. The predicted octanol–water partition coefficient (Wildman–Crippen LogP) is 5.39. The summed E-state index contributed by atoms with van der Waals surface area (Å²) in [5, 5.41) is 5.02. The van der Waals surface area contributed by atoms with E-state index in [1.54, 1.807) is 11.3 Å². The Morgan fingerprint density at radius 1 is 1.03 bits per heavy atom.